The van der Waals surface area contributed by atoms with Crippen LogP contribution in [-0.4, -0.2) is 23.0 Å². The molecule has 0 bridgehead atoms. The van der Waals surface area contributed by atoms with Gasteiger partial charge in [-0.1, -0.05) is 13.8 Å². The smallest absolute Gasteiger partial charge is 0.407 e. The van der Waals surface area contributed by atoms with E-state index in [2.05, 4.69) is 31.8 Å². The molecule has 0 saturated heterocycles. The van der Waals surface area contributed by atoms with Gasteiger partial charge in [-0.25, -0.2) is 4.79 Å². The van der Waals surface area contributed by atoms with Gasteiger partial charge < -0.3 is 10.1 Å². The molecule has 1 aliphatic carbocycles. The molecule has 0 spiro atoms. The molecule has 1 rings (SSSR count). The number of alkyl carbamates (subject to hydrolysis) is 1. The van der Waals surface area contributed by atoms with Crippen molar-refractivity contribution < 1.29 is 9.53 Å². The summed E-state index contributed by atoms with van der Waals surface area (Å²) in [6.45, 7) is 9.80. The van der Waals surface area contributed by atoms with Crippen LogP contribution in [0.1, 0.15) is 41.0 Å². The highest BCUT2D eigenvalue weighted by Crippen LogP contribution is 2.44. The first-order valence-corrected chi connectivity index (χ1v) is 5.82. The molecule has 0 aromatic carbocycles. The van der Waals surface area contributed by atoms with E-state index in [-0.39, 0.29) is 17.6 Å². The van der Waals surface area contributed by atoms with Crippen LogP contribution in [0, 0.1) is 5.41 Å². The lowest BCUT2D eigenvalue weighted by Crippen LogP contribution is -2.59. The molecule has 0 aromatic heterocycles. The summed E-state index contributed by atoms with van der Waals surface area (Å²) in [5, 5.41) is 3.24. The Morgan fingerprint density at radius 3 is 2.33 bits per heavy atom. The fraction of sp³-hybridized carbons (Fsp3) is 0.909. The first kappa shape index (κ1) is 12.7. The van der Waals surface area contributed by atoms with Gasteiger partial charge in [-0.05, 0) is 32.6 Å². The molecule has 0 radical (unpaired) electrons. The van der Waals surface area contributed by atoms with E-state index < -0.39 is 5.60 Å². The van der Waals surface area contributed by atoms with Crippen molar-refractivity contribution in [3.63, 3.8) is 0 Å². The maximum atomic E-state index is 11.5. The molecule has 1 fully saturated rings. The molecule has 88 valence electrons. The fourth-order valence-corrected chi connectivity index (χ4v) is 1.99. The highest BCUT2D eigenvalue weighted by atomic mass is 32.1. The SMILES string of the molecule is CC(C)(C)OC(=O)NC1CC(S)C1(C)C. The van der Waals surface area contributed by atoms with E-state index in [1.807, 2.05) is 20.8 Å². The Morgan fingerprint density at radius 1 is 1.47 bits per heavy atom. The van der Waals surface area contributed by atoms with Crippen molar-refractivity contribution >= 4 is 18.7 Å². The summed E-state index contributed by atoms with van der Waals surface area (Å²) in [4.78, 5) is 11.5. The monoisotopic (exact) mass is 231 g/mol. The normalized spacial score (nSPS) is 29.2. The van der Waals surface area contributed by atoms with Crippen molar-refractivity contribution in [2.24, 2.45) is 5.41 Å². The molecule has 15 heavy (non-hydrogen) atoms. The molecule has 1 N–H and O–H groups in total. The first-order chi connectivity index (χ1) is 6.63. The number of carbonyl (C=O) groups is 1. The minimum Gasteiger partial charge on any atom is -0.444 e. The Labute approximate surface area is 97.4 Å². The number of nitrogens with one attached hydrogen (secondary N) is 1. The molecule has 1 saturated carbocycles. The lowest BCUT2D eigenvalue weighted by Gasteiger charge is -2.50. The van der Waals surface area contributed by atoms with Crippen LogP contribution in [-0.2, 0) is 4.74 Å². The Hall–Kier alpha value is -0.380. The largest absolute Gasteiger partial charge is 0.444 e. The summed E-state index contributed by atoms with van der Waals surface area (Å²) >= 11 is 4.44. The zero-order chi connectivity index (χ0) is 11.9. The number of amides is 1. The van der Waals surface area contributed by atoms with E-state index >= 15 is 0 Å². The standard InChI is InChI=1S/C11H21NO2S/c1-10(2,3)14-9(13)12-7-6-8(15)11(7,4)5/h7-8,15H,6H2,1-5H3,(H,12,13). The lowest BCUT2D eigenvalue weighted by molar-refractivity contribution is 0.0356. The van der Waals surface area contributed by atoms with E-state index in [1.165, 1.54) is 0 Å². The molecule has 2 unspecified atom stereocenters. The summed E-state index contributed by atoms with van der Waals surface area (Å²) in [5.41, 5.74) is -0.377. The topological polar surface area (TPSA) is 38.3 Å². The molecule has 0 heterocycles. The molecule has 3 nitrogen and oxygen atoms in total. The highest BCUT2D eigenvalue weighted by molar-refractivity contribution is 7.81. The predicted octanol–water partition coefficient (Wildman–Crippen LogP) is 2.61. The third-order valence-corrected chi connectivity index (χ3v) is 3.78. The number of hydrogen-bond donors (Lipinski definition) is 2. The second-order valence-corrected chi connectivity index (χ2v) is 6.40. The van der Waals surface area contributed by atoms with Gasteiger partial charge in [0.2, 0.25) is 0 Å². The van der Waals surface area contributed by atoms with Crippen molar-refractivity contribution in [2.45, 2.75) is 57.9 Å². The van der Waals surface area contributed by atoms with E-state index in [1.54, 1.807) is 0 Å². The maximum absolute atomic E-state index is 11.5. The molecule has 0 aromatic rings. The average Bonchev–Trinajstić information content (AvgIpc) is 2.00. The van der Waals surface area contributed by atoms with Gasteiger partial charge in [-0.15, -0.1) is 0 Å². The van der Waals surface area contributed by atoms with Crippen LogP contribution < -0.4 is 5.32 Å². The van der Waals surface area contributed by atoms with Crippen molar-refractivity contribution in [3.05, 3.63) is 0 Å². The van der Waals surface area contributed by atoms with Crippen LogP contribution in [0.15, 0.2) is 0 Å². The minimum absolute atomic E-state index is 0.0556. The summed E-state index contributed by atoms with van der Waals surface area (Å²) < 4.78 is 5.20. The summed E-state index contributed by atoms with van der Waals surface area (Å²) in [7, 11) is 0. The van der Waals surface area contributed by atoms with E-state index in [0.29, 0.717) is 5.25 Å². The molecule has 4 heteroatoms. The summed E-state index contributed by atoms with van der Waals surface area (Å²) in [6, 6.07) is 0.176. The van der Waals surface area contributed by atoms with Crippen LogP contribution >= 0.6 is 12.6 Å². The van der Waals surface area contributed by atoms with Gasteiger partial charge in [0.15, 0.2) is 0 Å². The van der Waals surface area contributed by atoms with Crippen molar-refractivity contribution in [3.8, 4) is 0 Å². The Bertz CT molecular complexity index is 258. The summed E-state index contributed by atoms with van der Waals surface area (Å²) in [5.74, 6) is 0. The number of hydrogen-bond acceptors (Lipinski definition) is 3. The molecular weight excluding hydrogens is 210 g/mol. The van der Waals surface area contributed by atoms with Gasteiger partial charge >= 0.3 is 6.09 Å². The van der Waals surface area contributed by atoms with Crippen LogP contribution in [0.5, 0.6) is 0 Å². The zero-order valence-electron chi connectivity index (χ0n) is 10.1. The van der Waals surface area contributed by atoms with Crippen LogP contribution in [0.25, 0.3) is 0 Å². The second kappa shape index (κ2) is 3.89. The van der Waals surface area contributed by atoms with Gasteiger partial charge in [-0.2, -0.15) is 12.6 Å². The third kappa shape index (κ3) is 3.03. The van der Waals surface area contributed by atoms with Crippen LogP contribution in [0.4, 0.5) is 4.79 Å². The average molecular weight is 231 g/mol. The summed E-state index contributed by atoms with van der Waals surface area (Å²) in [6.07, 6.45) is 0.579. The van der Waals surface area contributed by atoms with Gasteiger partial charge in [0.05, 0.1) is 0 Å². The van der Waals surface area contributed by atoms with Crippen molar-refractivity contribution in [2.75, 3.05) is 0 Å². The molecule has 1 amide bonds. The van der Waals surface area contributed by atoms with Gasteiger partial charge in [0, 0.05) is 11.3 Å². The van der Waals surface area contributed by atoms with Crippen LogP contribution in [0.2, 0.25) is 0 Å². The van der Waals surface area contributed by atoms with Gasteiger partial charge in [0.1, 0.15) is 5.60 Å². The Kier molecular flexibility index (Phi) is 3.29. The van der Waals surface area contributed by atoms with E-state index in [9.17, 15) is 4.79 Å². The number of rotatable bonds is 1. The number of thiol groups is 1. The van der Waals surface area contributed by atoms with Gasteiger partial charge in [-0.3, -0.25) is 0 Å². The fourth-order valence-electron chi connectivity index (χ4n) is 1.60. The van der Waals surface area contributed by atoms with E-state index in [0.717, 1.165) is 6.42 Å². The van der Waals surface area contributed by atoms with E-state index in [4.69, 9.17) is 4.74 Å². The Morgan fingerprint density at radius 2 is 2.00 bits per heavy atom. The minimum atomic E-state index is -0.432. The van der Waals surface area contributed by atoms with Crippen molar-refractivity contribution in [1.29, 1.82) is 0 Å². The maximum Gasteiger partial charge on any atom is 0.407 e. The number of carbonyl (C=O) groups excluding carboxylic acids is 1. The first-order valence-electron chi connectivity index (χ1n) is 5.30. The van der Waals surface area contributed by atoms with Crippen LogP contribution in [0.3, 0.4) is 0 Å². The molecule has 1 aliphatic rings. The highest BCUT2D eigenvalue weighted by Gasteiger charge is 2.47. The quantitative estimate of drug-likeness (QED) is 0.681. The molecule has 2 atom stereocenters. The molecular formula is C11H21NO2S. The van der Waals surface area contributed by atoms with Gasteiger partial charge in [0.25, 0.3) is 0 Å². The third-order valence-electron chi connectivity index (χ3n) is 2.91. The second-order valence-electron chi connectivity index (χ2n) is 5.77. The number of ether oxygens (including phenoxy) is 1. The molecule has 0 aliphatic heterocycles. The Balaban J connectivity index is 2.41. The lowest BCUT2D eigenvalue weighted by atomic mass is 9.67. The predicted molar refractivity (Wildman–Crippen MR) is 64.3 cm³/mol. The van der Waals surface area contributed by atoms with Crippen molar-refractivity contribution in [1.82, 2.24) is 5.32 Å². The zero-order valence-corrected chi connectivity index (χ0v) is 11.0.